The molecule has 0 bridgehead atoms. The van der Waals surface area contributed by atoms with Crippen molar-refractivity contribution in [2.45, 2.75) is 19.4 Å². The second-order valence-corrected chi connectivity index (χ2v) is 5.31. The first kappa shape index (κ1) is 15.6. The van der Waals surface area contributed by atoms with Crippen LogP contribution in [-0.2, 0) is 16.1 Å². The first-order valence-corrected chi connectivity index (χ1v) is 7.31. The van der Waals surface area contributed by atoms with Crippen LogP contribution in [0.3, 0.4) is 0 Å². The van der Waals surface area contributed by atoms with Crippen molar-refractivity contribution in [3.63, 3.8) is 0 Å². The summed E-state index contributed by atoms with van der Waals surface area (Å²) < 4.78 is 5.39. The zero-order valence-electron chi connectivity index (χ0n) is 12.5. The number of carbonyl (C=O) groups is 1. The summed E-state index contributed by atoms with van der Waals surface area (Å²) in [7, 11) is 1.84. The lowest BCUT2D eigenvalue weighted by molar-refractivity contribution is -0.138. The molecule has 0 saturated carbocycles. The molecule has 1 aromatic carbocycles. The Labute approximate surface area is 126 Å². The van der Waals surface area contributed by atoms with Gasteiger partial charge in [-0.15, -0.1) is 0 Å². The first-order chi connectivity index (χ1) is 10.2. The number of rotatable bonds is 3. The zero-order valence-corrected chi connectivity index (χ0v) is 12.5. The molecule has 1 aliphatic rings. The van der Waals surface area contributed by atoms with E-state index in [1.165, 1.54) is 0 Å². The van der Waals surface area contributed by atoms with E-state index < -0.39 is 0 Å². The van der Waals surface area contributed by atoms with Crippen molar-refractivity contribution >= 4 is 5.91 Å². The van der Waals surface area contributed by atoms with Crippen molar-refractivity contribution in [3.05, 3.63) is 35.4 Å². The summed E-state index contributed by atoms with van der Waals surface area (Å²) in [6.07, 6.45) is 1.89. The molecule has 1 unspecified atom stereocenters. The number of carbonyl (C=O) groups excluding carboxylic acids is 1. The monoisotopic (exact) mass is 286 g/mol. The van der Waals surface area contributed by atoms with Crippen LogP contribution >= 0.6 is 0 Å². The number of nitrogens with two attached hydrogens (primary N) is 1. The van der Waals surface area contributed by atoms with E-state index in [4.69, 9.17) is 10.5 Å². The van der Waals surface area contributed by atoms with E-state index in [0.29, 0.717) is 19.7 Å². The van der Waals surface area contributed by atoms with Gasteiger partial charge in [0.15, 0.2) is 0 Å². The third-order valence-corrected chi connectivity index (χ3v) is 3.57. The van der Waals surface area contributed by atoms with Crippen LogP contribution in [-0.4, -0.2) is 37.6 Å². The highest BCUT2D eigenvalue weighted by molar-refractivity contribution is 5.78. The second-order valence-electron chi connectivity index (χ2n) is 5.31. The predicted octanol–water partition coefficient (Wildman–Crippen LogP) is 1.38. The third kappa shape index (κ3) is 4.59. The summed E-state index contributed by atoms with van der Waals surface area (Å²) in [5, 5.41) is 0. The standard InChI is InChI=1S/C17H22N2O2/c1-19(17(20)16-8-4-10-21-13-16)12-15-6-2-5-14(11-15)7-3-9-18/h2,5-6,11,16H,4,8-10,12-13,18H2,1H3. The fourth-order valence-corrected chi connectivity index (χ4v) is 2.50. The molecule has 2 rings (SSSR count). The minimum atomic E-state index is 0.00367. The Morgan fingerprint density at radius 1 is 1.52 bits per heavy atom. The first-order valence-electron chi connectivity index (χ1n) is 7.31. The van der Waals surface area contributed by atoms with Gasteiger partial charge in [-0.3, -0.25) is 4.79 Å². The minimum absolute atomic E-state index is 0.00367. The maximum Gasteiger partial charge on any atom is 0.228 e. The van der Waals surface area contributed by atoms with Crippen LogP contribution in [0.1, 0.15) is 24.0 Å². The van der Waals surface area contributed by atoms with Gasteiger partial charge in [0, 0.05) is 25.8 Å². The maximum atomic E-state index is 12.4. The molecule has 1 aromatic rings. The lowest BCUT2D eigenvalue weighted by Gasteiger charge is -2.26. The summed E-state index contributed by atoms with van der Waals surface area (Å²) in [4.78, 5) is 14.1. The van der Waals surface area contributed by atoms with Crippen molar-refractivity contribution in [3.8, 4) is 11.8 Å². The Morgan fingerprint density at radius 2 is 2.38 bits per heavy atom. The fourth-order valence-electron chi connectivity index (χ4n) is 2.50. The number of amides is 1. The van der Waals surface area contributed by atoms with Gasteiger partial charge in [0.2, 0.25) is 5.91 Å². The molecule has 112 valence electrons. The average Bonchev–Trinajstić information content (AvgIpc) is 2.53. The van der Waals surface area contributed by atoms with Crippen LogP contribution in [0.4, 0.5) is 0 Å². The quantitative estimate of drug-likeness (QED) is 0.854. The molecule has 1 atom stereocenters. The van der Waals surface area contributed by atoms with Crippen molar-refractivity contribution in [1.29, 1.82) is 0 Å². The van der Waals surface area contributed by atoms with Gasteiger partial charge < -0.3 is 15.4 Å². The van der Waals surface area contributed by atoms with Gasteiger partial charge >= 0.3 is 0 Å². The normalized spacial score (nSPS) is 17.7. The molecule has 1 saturated heterocycles. The van der Waals surface area contributed by atoms with E-state index in [1.54, 1.807) is 4.90 Å². The predicted molar refractivity (Wildman–Crippen MR) is 82.4 cm³/mol. The topological polar surface area (TPSA) is 55.6 Å². The van der Waals surface area contributed by atoms with Crippen molar-refractivity contribution < 1.29 is 9.53 Å². The highest BCUT2D eigenvalue weighted by atomic mass is 16.5. The van der Waals surface area contributed by atoms with Crippen LogP contribution in [0.15, 0.2) is 24.3 Å². The summed E-state index contributed by atoms with van der Waals surface area (Å²) in [6.45, 7) is 2.26. The molecular weight excluding hydrogens is 264 g/mol. The molecule has 4 nitrogen and oxygen atoms in total. The Morgan fingerprint density at radius 3 is 3.10 bits per heavy atom. The molecular formula is C17H22N2O2. The number of ether oxygens (including phenoxy) is 1. The molecule has 1 fully saturated rings. The third-order valence-electron chi connectivity index (χ3n) is 3.57. The van der Waals surface area contributed by atoms with E-state index in [2.05, 4.69) is 11.8 Å². The molecule has 0 aromatic heterocycles. The van der Waals surface area contributed by atoms with E-state index >= 15 is 0 Å². The lowest BCUT2D eigenvalue weighted by atomic mass is 10.0. The number of hydrogen-bond donors (Lipinski definition) is 1. The fraction of sp³-hybridized carbons (Fsp3) is 0.471. The summed E-state index contributed by atoms with van der Waals surface area (Å²) >= 11 is 0. The van der Waals surface area contributed by atoms with E-state index in [1.807, 2.05) is 31.3 Å². The number of hydrogen-bond acceptors (Lipinski definition) is 3. The Balaban J connectivity index is 1.98. The van der Waals surface area contributed by atoms with Gasteiger partial charge in [-0.1, -0.05) is 24.0 Å². The Bertz CT molecular complexity index is 539. The van der Waals surface area contributed by atoms with Crippen molar-refractivity contribution in [2.75, 3.05) is 26.8 Å². The van der Waals surface area contributed by atoms with Gasteiger partial charge in [-0.05, 0) is 30.5 Å². The second kappa shape index (κ2) is 7.82. The van der Waals surface area contributed by atoms with E-state index in [-0.39, 0.29) is 11.8 Å². The number of benzene rings is 1. The molecule has 4 heteroatoms. The highest BCUT2D eigenvalue weighted by Crippen LogP contribution is 2.17. The summed E-state index contributed by atoms with van der Waals surface area (Å²) in [5.74, 6) is 6.02. The SMILES string of the molecule is CN(Cc1cccc(C#CCN)c1)C(=O)C1CCCOC1. The molecule has 1 aliphatic heterocycles. The molecule has 0 aliphatic carbocycles. The molecule has 21 heavy (non-hydrogen) atoms. The Kier molecular flexibility index (Phi) is 5.79. The molecule has 0 spiro atoms. The van der Waals surface area contributed by atoms with Crippen LogP contribution in [0.2, 0.25) is 0 Å². The molecule has 0 radical (unpaired) electrons. The van der Waals surface area contributed by atoms with Crippen molar-refractivity contribution in [2.24, 2.45) is 11.7 Å². The van der Waals surface area contributed by atoms with E-state index in [9.17, 15) is 4.79 Å². The molecule has 1 amide bonds. The number of nitrogens with zero attached hydrogens (tertiary/aromatic N) is 1. The van der Waals surface area contributed by atoms with E-state index in [0.717, 1.165) is 30.6 Å². The summed E-state index contributed by atoms with van der Waals surface area (Å²) in [6, 6.07) is 7.92. The van der Waals surface area contributed by atoms with Gasteiger partial charge in [-0.25, -0.2) is 0 Å². The largest absolute Gasteiger partial charge is 0.381 e. The van der Waals surface area contributed by atoms with Gasteiger partial charge in [0.25, 0.3) is 0 Å². The summed E-state index contributed by atoms with van der Waals surface area (Å²) in [5.41, 5.74) is 7.38. The zero-order chi connectivity index (χ0) is 15.1. The van der Waals surface area contributed by atoms with Crippen LogP contribution in [0.5, 0.6) is 0 Å². The minimum Gasteiger partial charge on any atom is -0.381 e. The van der Waals surface area contributed by atoms with Crippen LogP contribution in [0.25, 0.3) is 0 Å². The maximum absolute atomic E-state index is 12.4. The lowest BCUT2D eigenvalue weighted by Crippen LogP contribution is -2.36. The molecule has 1 heterocycles. The van der Waals surface area contributed by atoms with Gasteiger partial charge in [0.05, 0.1) is 19.1 Å². The Hall–Kier alpha value is -1.83. The van der Waals surface area contributed by atoms with Crippen molar-refractivity contribution in [1.82, 2.24) is 4.90 Å². The van der Waals surface area contributed by atoms with Gasteiger partial charge in [0.1, 0.15) is 0 Å². The smallest absolute Gasteiger partial charge is 0.228 e. The highest BCUT2D eigenvalue weighted by Gasteiger charge is 2.24. The average molecular weight is 286 g/mol. The molecule has 2 N–H and O–H groups in total. The van der Waals surface area contributed by atoms with Gasteiger partial charge in [-0.2, -0.15) is 0 Å². The van der Waals surface area contributed by atoms with Crippen LogP contribution < -0.4 is 5.73 Å². The van der Waals surface area contributed by atoms with Crippen LogP contribution in [0, 0.1) is 17.8 Å².